The molecule has 0 bridgehead atoms. The van der Waals surface area contributed by atoms with Crippen molar-refractivity contribution in [2.75, 3.05) is 26.0 Å². The molecule has 12 heteroatoms. The zero-order valence-electron chi connectivity index (χ0n) is 17.7. The van der Waals surface area contributed by atoms with E-state index in [1.807, 2.05) is 6.92 Å². The van der Waals surface area contributed by atoms with Crippen LogP contribution in [0.2, 0.25) is 0 Å². The Balaban J connectivity index is 2.33. The number of thiophene rings is 1. The summed E-state index contributed by atoms with van der Waals surface area (Å²) in [5.74, 6) is -1.75. The van der Waals surface area contributed by atoms with Gasteiger partial charge in [0.2, 0.25) is 5.91 Å². The lowest BCUT2D eigenvalue weighted by Crippen LogP contribution is -2.22. The SMILES string of the molecule is CCCOC(=O)c1c(NC(=O)Cn2nc(C(F)(F)F)cc2C)sc(C(=O)N(C)C)c1C. The number of alkyl halides is 3. The van der Waals surface area contributed by atoms with Gasteiger partial charge in [0.05, 0.1) is 17.0 Å². The number of ether oxygens (including phenoxy) is 1. The summed E-state index contributed by atoms with van der Waals surface area (Å²) in [6, 6.07) is 0.837. The number of hydrogen-bond donors (Lipinski definition) is 1. The summed E-state index contributed by atoms with van der Waals surface area (Å²) in [5.41, 5.74) is -0.553. The first-order valence-electron chi connectivity index (χ1n) is 9.30. The fourth-order valence-electron chi connectivity index (χ4n) is 2.63. The van der Waals surface area contributed by atoms with E-state index >= 15 is 0 Å². The van der Waals surface area contributed by atoms with Crippen molar-refractivity contribution in [1.82, 2.24) is 14.7 Å². The van der Waals surface area contributed by atoms with E-state index in [0.717, 1.165) is 22.1 Å². The van der Waals surface area contributed by atoms with Crippen molar-refractivity contribution < 1.29 is 32.3 Å². The Morgan fingerprint density at radius 2 is 1.90 bits per heavy atom. The number of hydrogen-bond acceptors (Lipinski definition) is 6. The van der Waals surface area contributed by atoms with Crippen molar-refractivity contribution in [1.29, 1.82) is 0 Å². The molecule has 0 saturated carbocycles. The number of esters is 1. The Labute approximate surface area is 181 Å². The van der Waals surface area contributed by atoms with Gasteiger partial charge < -0.3 is 15.0 Å². The normalized spacial score (nSPS) is 11.4. The molecule has 0 spiro atoms. The molecule has 0 aliphatic carbocycles. The van der Waals surface area contributed by atoms with E-state index in [2.05, 4.69) is 10.4 Å². The molecule has 0 aliphatic heterocycles. The Bertz CT molecular complexity index is 995. The lowest BCUT2D eigenvalue weighted by atomic mass is 10.1. The molecule has 0 saturated heterocycles. The van der Waals surface area contributed by atoms with Gasteiger partial charge in [-0.05, 0) is 31.9 Å². The van der Waals surface area contributed by atoms with Crippen molar-refractivity contribution in [3.63, 3.8) is 0 Å². The van der Waals surface area contributed by atoms with Crippen LogP contribution in [0.3, 0.4) is 0 Å². The highest BCUT2D eigenvalue weighted by Gasteiger charge is 2.34. The maximum absolute atomic E-state index is 12.8. The van der Waals surface area contributed by atoms with Crippen LogP contribution in [-0.2, 0) is 22.3 Å². The predicted octanol–water partition coefficient (Wildman–Crippen LogP) is 3.49. The fraction of sp³-hybridized carbons (Fsp3) is 0.474. The lowest BCUT2D eigenvalue weighted by molar-refractivity contribution is -0.141. The van der Waals surface area contributed by atoms with Crippen LogP contribution in [0.1, 0.15) is 50.3 Å². The van der Waals surface area contributed by atoms with E-state index in [1.54, 1.807) is 21.0 Å². The third kappa shape index (κ3) is 5.63. The van der Waals surface area contributed by atoms with Crippen LogP contribution in [0.25, 0.3) is 0 Å². The Hall–Kier alpha value is -2.89. The number of amides is 2. The Morgan fingerprint density at radius 1 is 1.26 bits per heavy atom. The maximum Gasteiger partial charge on any atom is 0.435 e. The van der Waals surface area contributed by atoms with Gasteiger partial charge in [-0.3, -0.25) is 14.3 Å². The summed E-state index contributed by atoms with van der Waals surface area (Å²) in [5, 5.41) is 6.02. The van der Waals surface area contributed by atoms with Crippen molar-refractivity contribution >= 4 is 34.1 Å². The number of anilines is 1. The number of carbonyl (C=O) groups is 3. The van der Waals surface area contributed by atoms with E-state index in [0.29, 0.717) is 12.0 Å². The third-order valence-electron chi connectivity index (χ3n) is 4.21. The molecule has 2 rings (SSSR count). The Kier molecular flexibility index (Phi) is 7.47. The quantitative estimate of drug-likeness (QED) is 0.639. The van der Waals surface area contributed by atoms with Gasteiger partial charge in [-0.25, -0.2) is 4.79 Å². The highest BCUT2D eigenvalue weighted by Crippen LogP contribution is 2.34. The number of nitrogens with zero attached hydrogens (tertiary/aromatic N) is 3. The molecule has 0 fully saturated rings. The zero-order chi connectivity index (χ0) is 23.5. The second-order valence-corrected chi connectivity index (χ2v) is 7.99. The number of aryl methyl sites for hydroxylation is 1. The van der Waals surface area contributed by atoms with E-state index in [-0.39, 0.29) is 33.6 Å². The van der Waals surface area contributed by atoms with Gasteiger partial charge in [-0.2, -0.15) is 18.3 Å². The molecule has 170 valence electrons. The molecule has 2 heterocycles. The highest BCUT2D eigenvalue weighted by atomic mass is 32.1. The second kappa shape index (κ2) is 9.50. The van der Waals surface area contributed by atoms with Gasteiger partial charge in [-0.1, -0.05) is 6.92 Å². The van der Waals surface area contributed by atoms with Gasteiger partial charge in [0.25, 0.3) is 5.91 Å². The minimum absolute atomic E-state index is 0.0465. The minimum Gasteiger partial charge on any atom is -0.462 e. The van der Waals surface area contributed by atoms with E-state index in [4.69, 9.17) is 4.74 Å². The standard InChI is InChI=1S/C19H23F3N4O4S/c1-6-7-30-18(29)14-11(3)15(17(28)25(4)5)31-16(14)23-13(27)9-26-10(2)8-12(24-26)19(20,21)22/h8H,6-7,9H2,1-5H3,(H,23,27). The van der Waals surface area contributed by atoms with Crippen LogP contribution < -0.4 is 5.32 Å². The summed E-state index contributed by atoms with van der Waals surface area (Å²) in [6.45, 7) is 4.44. The number of aromatic nitrogens is 2. The first-order valence-corrected chi connectivity index (χ1v) is 10.1. The number of rotatable bonds is 7. The van der Waals surface area contributed by atoms with Gasteiger partial charge in [-0.15, -0.1) is 11.3 Å². The number of carbonyl (C=O) groups excluding carboxylic acids is 3. The largest absolute Gasteiger partial charge is 0.462 e. The summed E-state index contributed by atoms with van der Waals surface area (Å²) in [7, 11) is 3.10. The van der Waals surface area contributed by atoms with Crippen molar-refractivity contribution in [2.45, 2.75) is 39.9 Å². The summed E-state index contributed by atoms with van der Waals surface area (Å²) >= 11 is 0.903. The maximum atomic E-state index is 12.8. The molecule has 0 radical (unpaired) electrons. The number of nitrogens with one attached hydrogen (secondary N) is 1. The van der Waals surface area contributed by atoms with Crippen LogP contribution in [0.15, 0.2) is 6.07 Å². The lowest BCUT2D eigenvalue weighted by Gasteiger charge is -2.09. The monoisotopic (exact) mass is 460 g/mol. The molecule has 0 aliphatic rings. The van der Waals surface area contributed by atoms with Gasteiger partial charge in [0.15, 0.2) is 5.69 Å². The minimum atomic E-state index is -4.63. The molecular formula is C19H23F3N4O4S. The Morgan fingerprint density at radius 3 is 2.42 bits per heavy atom. The van der Waals surface area contributed by atoms with Crippen molar-refractivity contribution in [3.05, 3.63) is 33.5 Å². The van der Waals surface area contributed by atoms with E-state index in [9.17, 15) is 27.6 Å². The van der Waals surface area contributed by atoms with Crippen molar-refractivity contribution in [2.24, 2.45) is 0 Å². The van der Waals surface area contributed by atoms with Crippen molar-refractivity contribution in [3.8, 4) is 0 Å². The molecule has 2 aromatic rings. The molecule has 0 atom stereocenters. The molecule has 31 heavy (non-hydrogen) atoms. The number of halogens is 3. The van der Waals surface area contributed by atoms with E-state index < -0.39 is 30.3 Å². The van der Waals surface area contributed by atoms with Crippen LogP contribution in [0, 0.1) is 13.8 Å². The topological polar surface area (TPSA) is 93.5 Å². The van der Waals surface area contributed by atoms with Gasteiger partial charge in [0.1, 0.15) is 11.5 Å². The fourth-order valence-corrected chi connectivity index (χ4v) is 3.86. The van der Waals surface area contributed by atoms with E-state index in [1.165, 1.54) is 11.8 Å². The summed E-state index contributed by atoms with van der Waals surface area (Å²) in [6.07, 6.45) is -4.05. The first kappa shape index (κ1) is 24.4. The van der Waals surface area contributed by atoms with Crippen LogP contribution in [-0.4, -0.2) is 53.2 Å². The van der Waals surface area contributed by atoms with Gasteiger partial charge in [0, 0.05) is 19.8 Å². The average molecular weight is 460 g/mol. The summed E-state index contributed by atoms with van der Waals surface area (Å²) < 4.78 is 44.6. The molecule has 0 aromatic carbocycles. The average Bonchev–Trinajstić information content (AvgIpc) is 3.19. The first-order chi connectivity index (χ1) is 14.4. The van der Waals surface area contributed by atoms with Crippen LogP contribution in [0.5, 0.6) is 0 Å². The summed E-state index contributed by atoms with van der Waals surface area (Å²) in [4.78, 5) is 39.1. The molecule has 2 amide bonds. The third-order valence-corrected chi connectivity index (χ3v) is 5.40. The predicted molar refractivity (Wildman–Crippen MR) is 108 cm³/mol. The molecule has 2 aromatic heterocycles. The van der Waals surface area contributed by atoms with Gasteiger partial charge >= 0.3 is 12.1 Å². The van der Waals surface area contributed by atoms with Crippen LogP contribution in [0.4, 0.5) is 18.2 Å². The molecular weight excluding hydrogens is 437 g/mol. The highest BCUT2D eigenvalue weighted by molar-refractivity contribution is 7.18. The molecule has 0 unspecified atom stereocenters. The van der Waals surface area contributed by atoms with Crippen LogP contribution >= 0.6 is 11.3 Å². The second-order valence-electron chi connectivity index (χ2n) is 6.97. The molecule has 8 nitrogen and oxygen atoms in total. The zero-order valence-corrected chi connectivity index (χ0v) is 18.5. The smallest absolute Gasteiger partial charge is 0.435 e. The molecule has 1 N–H and O–H groups in total.